The molecular weight excluding hydrogens is 404 g/mol. The van der Waals surface area contributed by atoms with Gasteiger partial charge in [-0.3, -0.25) is 4.79 Å². The number of nitrogens with zero attached hydrogens (tertiary/aromatic N) is 1. The normalized spacial score (nSPS) is 10.5. The van der Waals surface area contributed by atoms with Gasteiger partial charge in [-0.25, -0.2) is 9.78 Å². The minimum absolute atomic E-state index is 0.00209. The second-order valence-electron chi connectivity index (χ2n) is 6.56. The van der Waals surface area contributed by atoms with Gasteiger partial charge >= 0.3 is 5.97 Å². The molecule has 1 heterocycles. The van der Waals surface area contributed by atoms with Crippen LogP contribution >= 0.6 is 11.6 Å². The number of hydrogen-bond acceptors (Lipinski definition) is 4. The van der Waals surface area contributed by atoms with Crippen LogP contribution in [-0.4, -0.2) is 28.6 Å². The Kier molecular flexibility index (Phi) is 7.03. The number of nitrogens with one attached hydrogen (secondary N) is 1. The minimum atomic E-state index is -1.13. The van der Waals surface area contributed by atoms with Gasteiger partial charge in [0, 0.05) is 29.3 Å². The van der Waals surface area contributed by atoms with Gasteiger partial charge in [-0.1, -0.05) is 35.9 Å². The van der Waals surface area contributed by atoms with Crippen LogP contribution in [0.4, 0.5) is 5.69 Å². The highest BCUT2D eigenvalue weighted by atomic mass is 35.5. The summed E-state index contributed by atoms with van der Waals surface area (Å²) in [6, 6.07) is 15.9. The summed E-state index contributed by atoms with van der Waals surface area (Å²) in [4.78, 5) is 28.0. The number of carboxylic acids is 1. The lowest BCUT2D eigenvalue weighted by molar-refractivity contribution is -0.116. The van der Waals surface area contributed by atoms with Crippen molar-refractivity contribution in [2.75, 3.05) is 11.9 Å². The van der Waals surface area contributed by atoms with Crippen LogP contribution in [-0.2, 0) is 11.2 Å². The molecule has 1 amide bonds. The van der Waals surface area contributed by atoms with E-state index < -0.39 is 5.97 Å². The number of halogens is 1. The van der Waals surface area contributed by atoms with E-state index in [4.69, 9.17) is 16.3 Å². The van der Waals surface area contributed by atoms with Gasteiger partial charge in [0.2, 0.25) is 11.8 Å². The number of aromatic nitrogens is 1. The van der Waals surface area contributed by atoms with Gasteiger partial charge < -0.3 is 15.2 Å². The number of carbonyl (C=O) groups is 2. The van der Waals surface area contributed by atoms with E-state index in [0.717, 1.165) is 16.7 Å². The fraction of sp³-hybridized carbons (Fsp3) is 0.174. The van der Waals surface area contributed by atoms with E-state index in [2.05, 4.69) is 10.3 Å². The molecule has 0 unspecified atom stereocenters. The number of rotatable bonds is 8. The highest BCUT2D eigenvalue weighted by Gasteiger charge is 2.13. The standard InChI is InChI=1S/C23H21ClN2O4/c1-2-30-22-11-7-17(14-25-22)16-5-3-4-15(12-16)6-10-21(27)26-20-13-18(24)8-9-19(20)23(28)29/h3-5,7-9,11-14H,2,6,10H2,1H3,(H,26,27)(H,28,29). The van der Waals surface area contributed by atoms with E-state index in [9.17, 15) is 14.7 Å². The van der Waals surface area contributed by atoms with Crippen molar-refractivity contribution in [3.05, 3.63) is 76.9 Å². The molecule has 154 valence electrons. The van der Waals surface area contributed by atoms with Gasteiger partial charge in [0.15, 0.2) is 0 Å². The maximum absolute atomic E-state index is 12.4. The molecule has 30 heavy (non-hydrogen) atoms. The zero-order valence-corrected chi connectivity index (χ0v) is 17.1. The summed E-state index contributed by atoms with van der Waals surface area (Å²) in [5.74, 6) is -0.831. The van der Waals surface area contributed by atoms with Crippen molar-refractivity contribution in [3.63, 3.8) is 0 Å². The first-order valence-corrected chi connectivity index (χ1v) is 9.85. The molecule has 3 aromatic rings. The minimum Gasteiger partial charge on any atom is -0.478 e. The highest BCUT2D eigenvalue weighted by Crippen LogP contribution is 2.23. The first-order chi connectivity index (χ1) is 14.5. The smallest absolute Gasteiger partial charge is 0.337 e. The average Bonchev–Trinajstić information content (AvgIpc) is 2.73. The summed E-state index contributed by atoms with van der Waals surface area (Å²) in [5.41, 5.74) is 3.12. The van der Waals surface area contributed by atoms with Crippen LogP contribution in [0.3, 0.4) is 0 Å². The van der Waals surface area contributed by atoms with Crippen LogP contribution in [0.15, 0.2) is 60.8 Å². The van der Waals surface area contributed by atoms with E-state index in [1.165, 1.54) is 18.2 Å². The van der Waals surface area contributed by atoms with E-state index >= 15 is 0 Å². The Hall–Kier alpha value is -3.38. The van der Waals surface area contributed by atoms with Gasteiger partial charge in [0.25, 0.3) is 0 Å². The number of aromatic carboxylic acids is 1. The second kappa shape index (κ2) is 9.89. The van der Waals surface area contributed by atoms with Gasteiger partial charge in [0.05, 0.1) is 17.9 Å². The predicted octanol–water partition coefficient (Wildman–Crippen LogP) is 5.07. The third-order valence-corrected chi connectivity index (χ3v) is 4.65. The Morgan fingerprint density at radius 3 is 2.63 bits per heavy atom. The summed E-state index contributed by atoms with van der Waals surface area (Å²) in [5, 5.41) is 12.2. The molecule has 7 heteroatoms. The number of benzene rings is 2. The third kappa shape index (κ3) is 5.58. The molecule has 0 aliphatic heterocycles. The van der Waals surface area contributed by atoms with Crippen molar-refractivity contribution in [1.29, 1.82) is 0 Å². The number of ether oxygens (including phenoxy) is 1. The Morgan fingerprint density at radius 1 is 1.10 bits per heavy atom. The Morgan fingerprint density at radius 2 is 1.93 bits per heavy atom. The molecule has 0 aliphatic carbocycles. The molecule has 0 radical (unpaired) electrons. The van der Waals surface area contributed by atoms with Crippen molar-refractivity contribution >= 4 is 29.2 Å². The van der Waals surface area contributed by atoms with Gasteiger partial charge in [-0.15, -0.1) is 0 Å². The zero-order valence-electron chi connectivity index (χ0n) is 16.4. The summed E-state index contributed by atoms with van der Waals surface area (Å²) in [7, 11) is 0. The maximum atomic E-state index is 12.4. The van der Waals surface area contributed by atoms with Gasteiger partial charge in [-0.2, -0.15) is 0 Å². The Labute approximate surface area is 179 Å². The number of aryl methyl sites for hydroxylation is 1. The summed E-state index contributed by atoms with van der Waals surface area (Å²) >= 11 is 5.92. The van der Waals surface area contributed by atoms with Crippen molar-refractivity contribution < 1.29 is 19.4 Å². The van der Waals surface area contributed by atoms with Crippen molar-refractivity contribution in [1.82, 2.24) is 4.98 Å². The quantitative estimate of drug-likeness (QED) is 0.527. The lowest BCUT2D eigenvalue weighted by atomic mass is 10.0. The first-order valence-electron chi connectivity index (χ1n) is 9.47. The highest BCUT2D eigenvalue weighted by molar-refractivity contribution is 6.31. The van der Waals surface area contributed by atoms with E-state index in [-0.39, 0.29) is 23.6 Å². The molecule has 2 N–H and O–H groups in total. The number of carbonyl (C=O) groups excluding carboxylic acids is 1. The van der Waals surface area contributed by atoms with Gasteiger partial charge in [0.1, 0.15) is 0 Å². The van der Waals surface area contributed by atoms with E-state index in [1.54, 1.807) is 6.20 Å². The zero-order chi connectivity index (χ0) is 21.5. The fourth-order valence-electron chi connectivity index (χ4n) is 2.97. The fourth-order valence-corrected chi connectivity index (χ4v) is 3.14. The third-order valence-electron chi connectivity index (χ3n) is 4.42. The van der Waals surface area contributed by atoms with Crippen LogP contribution in [0.5, 0.6) is 5.88 Å². The molecule has 0 aliphatic rings. The van der Waals surface area contributed by atoms with Crippen LogP contribution in [0.2, 0.25) is 5.02 Å². The largest absolute Gasteiger partial charge is 0.478 e. The number of anilines is 1. The Balaban J connectivity index is 1.65. The predicted molar refractivity (Wildman–Crippen MR) is 116 cm³/mol. The van der Waals surface area contributed by atoms with E-state index in [0.29, 0.717) is 23.9 Å². The molecule has 0 fully saturated rings. The summed E-state index contributed by atoms with van der Waals surface area (Å²) < 4.78 is 5.36. The maximum Gasteiger partial charge on any atom is 0.337 e. The molecule has 3 rings (SSSR count). The molecule has 2 aromatic carbocycles. The van der Waals surface area contributed by atoms with Crippen LogP contribution < -0.4 is 10.1 Å². The summed E-state index contributed by atoms with van der Waals surface area (Å²) in [6.07, 6.45) is 2.47. The summed E-state index contributed by atoms with van der Waals surface area (Å²) in [6.45, 7) is 2.47. The SMILES string of the molecule is CCOc1ccc(-c2cccc(CCC(=O)Nc3cc(Cl)ccc3C(=O)O)c2)cn1. The monoisotopic (exact) mass is 424 g/mol. The van der Waals surface area contributed by atoms with Crippen LogP contribution in [0.25, 0.3) is 11.1 Å². The Bertz CT molecular complexity index is 1050. The van der Waals surface area contributed by atoms with Crippen molar-refractivity contribution in [3.8, 4) is 17.0 Å². The molecule has 6 nitrogen and oxygen atoms in total. The molecule has 0 atom stereocenters. The van der Waals surface area contributed by atoms with Crippen LogP contribution in [0.1, 0.15) is 29.3 Å². The topological polar surface area (TPSA) is 88.5 Å². The lowest BCUT2D eigenvalue weighted by Crippen LogP contribution is -2.15. The number of hydrogen-bond donors (Lipinski definition) is 2. The number of pyridine rings is 1. The molecular formula is C23H21ClN2O4. The average molecular weight is 425 g/mol. The van der Waals surface area contributed by atoms with Crippen LogP contribution in [0, 0.1) is 0 Å². The molecule has 0 spiro atoms. The molecule has 0 saturated carbocycles. The first kappa shape index (κ1) is 21.3. The molecule has 0 bridgehead atoms. The number of carboxylic acid groups (broad SMARTS) is 1. The number of amides is 1. The van der Waals surface area contributed by atoms with Crippen molar-refractivity contribution in [2.24, 2.45) is 0 Å². The lowest BCUT2D eigenvalue weighted by Gasteiger charge is -2.10. The van der Waals surface area contributed by atoms with Gasteiger partial charge in [-0.05, 0) is 48.7 Å². The van der Waals surface area contributed by atoms with Crippen molar-refractivity contribution in [2.45, 2.75) is 19.8 Å². The second-order valence-corrected chi connectivity index (χ2v) is 7.00. The molecule has 1 aromatic heterocycles. The molecule has 0 saturated heterocycles. The van der Waals surface area contributed by atoms with E-state index in [1.807, 2.05) is 43.3 Å².